The molecule has 1 aromatic heterocycles. The van der Waals surface area contributed by atoms with Crippen LogP contribution in [0, 0.1) is 0 Å². The van der Waals surface area contributed by atoms with Crippen molar-refractivity contribution in [3.8, 4) is 0 Å². The lowest BCUT2D eigenvalue weighted by Crippen LogP contribution is -2.39. The molecule has 0 spiro atoms. The molecule has 2 rings (SSSR count). The minimum absolute atomic E-state index is 0.274. The summed E-state index contributed by atoms with van der Waals surface area (Å²) in [5.41, 5.74) is 1.54. The van der Waals surface area contributed by atoms with Gasteiger partial charge in [0.05, 0.1) is 12.2 Å². The summed E-state index contributed by atoms with van der Waals surface area (Å²) in [6.07, 6.45) is 5.35. The maximum absolute atomic E-state index is 4.48. The molecule has 0 radical (unpaired) electrons. The molecule has 17 heavy (non-hydrogen) atoms. The van der Waals surface area contributed by atoms with Crippen LogP contribution in [0.5, 0.6) is 0 Å². The van der Waals surface area contributed by atoms with Crippen molar-refractivity contribution in [2.45, 2.75) is 45.3 Å². The van der Waals surface area contributed by atoms with Gasteiger partial charge in [0.25, 0.3) is 0 Å². The van der Waals surface area contributed by atoms with Gasteiger partial charge >= 0.3 is 0 Å². The van der Waals surface area contributed by atoms with Gasteiger partial charge in [0, 0.05) is 36.9 Å². The number of hydrogen-bond acceptors (Lipinski definition) is 3. The van der Waals surface area contributed by atoms with Crippen LogP contribution in [0.4, 0.5) is 0 Å². The van der Waals surface area contributed by atoms with Crippen LogP contribution in [0.25, 0.3) is 0 Å². The van der Waals surface area contributed by atoms with Gasteiger partial charge in [0.1, 0.15) is 0 Å². The summed E-state index contributed by atoms with van der Waals surface area (Å²) >= 11 is 0. The second-order valence-electron chi connectivity index (χ2n) is 5.92. The van der Waals surface area contributed by atoms with Crippen LogP contribution in [0.1, 0.15) is 38.8 Å². The van der Waals surface area contributed by atoms with Gasteiger partial charge in [-0.1, -0.05) is 0 Å². The summed E-state index contributed by atoms with van der Waals surface area (Å²) in [5.74, 6) is 0. The van der Waals surface area contributed by atoms with E-state index in [-0.39, 0.29) is 5.54 Å². The third kappa shape index (κ3) is 2.87. The van der Waals surface area contributed by atoms with Crippen molar-refractivity contribution in [2.75, 3.05) is 20.1 Å². The van der Waals surface area contributed by atoms with Gasteiger partial charge in [0.15, 0.2) is 0 Å². The molecule has 2 heterocycles. The molecule has 0 saturated carbocycles. The zero-order chi connectivity index (χ0) is 12.5. The molecule has 1 unspecified atom stereocenters. The Morgan fingerprint density at radius 3 is 2.82 bits per heavy atom. The van der Waals surface area contributed by atoms with Gasteiger partial charge in [-0.15, -0.1) is 0 Å². The van der Waals surface area contributed by atoms with Crippen LogP contribution in [0.15, 0.2) is 12.4 Å². The zero-order valence-electron chi connectivity index (χ0n) is 11.4. The highest BCUT2D eigenvalue weighted by molar-refractivity contribution is 5.04. The number of nitrogens with zero attached hydrogens (tertiary/aromatic N) is 3. The van der Waals surface area contributed by atoms with Crippen molar-refractivity contribution >= 4 is 0 Å². The molecular formula is C13H24N4. The lowest BCUT2D eigenvalue weighted by Gasteiger charge is -2.31. The average Bonchev–Trinajstić information content (AvgIpc) is 2.82. The van der Waals surface area contributed by atoms with E-state index < -0.39 is 0 Å². The van der Waals surface area contributed by atoms with Crippen LogP contribution in [-0.2, 0) is 6.54 Å². The highest BCUT2D eigenvalue weighted by atomic mass is 15.3. The van der Waals surface area contributed by atoms with Crippen molar-refractivity contribution in [3.05, 3.63) is 18.0 Å². The van der Waals surface area contributed by atoms with Gasteiger partial charge < -0.3 is 5.32 Å². The second-order valence-corrected chi connectivity index (χ2v) is 5.92. The monoisotopic (exact) mass is 236 g/mol. The molecule has 1 fully saturated rings. The highest BCUT2D eigenvalue weighted by Gasteiger charge is 2.31. The molecular weight excluding hydrogens is 212 g/mol. The molecule has 1 aliphatic rings. The third-order valence-corrected chi connectivity index (χ3v) is 3.52. The second kappa shape index (κ2) is 4.78. The first-order valence-electron chi connectivity index (χ1n) is 6.43. The maximum Gasteiger partial charge on any atom is 0.0658 e. The smallest absolute Gasteiger partial charge is 0.0658 e. The third-order valence-electron chi connectivity index (χ3n) is 3.52. The Hall–Kier alpha value is -0.870. The number of aromatic nitrogens is 2. The lowest BCUT2D eigenvalue weighted by atomic mass is 10.1. The normalized spacial score (nSPS) is 22.2. The topological polar surface area (TPSA) is 33.1 Å². The fraction of sp³-hybridized carbons (Fsp3) is 0.769. The molecule has 96 valence electrons. The number of nitrogens with one attached hydrogen (secondary N) is 1. The molecule has 1 N–H and O–H groups in total. The molecule has 0 aliphatic carbocycles. The van der Waals surface area contributed by atoms with Crippen molar-refractivity contribution in [3.63, 3.8) is 0 Å². The number of likely N-dealkylation sites (tertiary alicyclic amines) is 1. The summed E-state index contributed by atoms with van der Waals surface area (Å²) < 4.78 is 2.14. The van der Waals surface area contributed by atoms with Crippen molar-refractivity contribution < 1.29 is 0 Å². The average molecular weight is 236 g/mol. The van der Waals surface area contributed by atoms with Gasteiger partial charge in [-0.2, -0.15) is 5.10 Å². The van der Waals surface area contributed by atoms with Crippen LogP contribution in [-0.4, -0.2) is 40.4 Å². The molecule has 1 atom stereocenters. The van der Waals surface area contributed by atoms with E-state index in [0.29, 0.717) is 6.04 Å². The van der Waals surface area contributed by atoms with Crippen molar-refractivity contribution in [1.29, 1.82) is 0 Å². The van der Waals surface area contributed by atoms with Crippen LogP contribution < -0.4 is 5.32 Å². The molecule has 1 aliphatic heterocycles. The fourth-order valence-corrected chi connectivity index (χ4v) is 2.44. The lowest BCUT2D eigenvalue weighted by molar-refractivity contribution is 0.167. The van der Waals surface area contributed by atoms with E-state index in [1.807, 2.05) is 13.2 Å². The van der Waals surface area contributed by atoms with Crippen LogP contribution in [0.2, 0.25) is 0 Å². The minimum Gasteiger partial charge on any atom is -0.316 e. The molecule has 1 aromatic rings. The summed E-state index contributed by atoms with van der Waals surface area (Å²) in [6, 6.07) is 0.542. The van der Waals surface area contributed by atoms with Crippen LogP contribution in [0.3, 0.4) is 0 Å². The van der Waals surface area contributed by atoms with E-state index in [9.17, 15) is 0 Å². The zero-order valence-corrected chi connectivity index (χ0v) is 11.4. The van der Waals surface area contributed by atoms with Gasteiger partial charge in [-0.3, -0.25) is 9.58 Å². The molecule has 1 saturated heterocycles. The van der Waals surface area contributed by atoms with Gasteiger partial charge in [-0.25, -0.2) is 0 Å². The highest BCUT2D eigenvalue weighted by Crippen LogP contribution is 2.27. The van der Waals surface area contributed by atoms with E-state index in [1.165, 1.54) is 18.5 Å². The Bertz CT molecular complexity index is 364. The van der Waals surface area contributed by atoms with Gasteiger partial charge in [0.2, 0.25) is 0 Å². The quantitative estimate of drug-likeness (QED) is 0.866. The Kier molecular flexibility index (Phi) is 3.54. The maximum atomic E-state index is 4.48. The van der Waals surface area contributed by atoms with Crippen LogP contribution >= 0.6 is 0 Å². The summed E-state index contributed by atoms with van der Waals surface area (Å²) in [6.45, 7) is 10.0. The summed E-state index contributed by atoms with van der Waals surface area (Å²) in [7, 11) is 1.97. The fourth-order valence-electron chi connectivity index (χ4n) is 2.44. The van der Waals surface area contributed by atoms with Crippen molar-refractivity contribution in [2.24, 2.45) is 0 Å². The molecule has 0 amide bonds. The molecule has 4 heteroatoms. The minimum atomic E-state index is 0.274. The Balaban J connectivity index is 2.00. The standard InChI is InChI=1S/C13H24N4/c1-13(2,3)16-6-5-12(10-16)17-9-11(7-14-4)8-15-17/h8-9,12,14H,5-7,10H2,1-4H3. The summed E-state index contributed by atoms with van der Waals surface area (Å²) in [4.78, 5) is 2.54. The number of rotatable bonds is 3. The van der Waals surface area contributed by atoms with E-state index in [1.54, 1.807) is 0 Å². The first-order chi connectivity index (χ1) is 8.00. The van der Waals surface area contributed by atoms with E-state index >= 15 is 0 Å². The predicted octanol–water partition coefficient (Wildman–Crippen LogP) is 1.65. The Morgan fingerprint density at radius 1 is 1.47 bits per heavy atom. The Labute approximate surface area is 104 Å². The summed E-state index contributed by atoms with van der Waals surface area (Å²) in [5, 5.41) is 7.64. The van der Waals surface area contributed by atoms with E-state index in [4.69, 9.17) is 0 Å². The van der Waals surface area contributed by atoms with Crippen molar-refractivity contribution in [1.82, 2.24) is 20.0 Å². The molecule has 4 nitrogen and oxygen atoms in total. The van der Waals surface area contributed by atoms with Gasteiger partial charge in [-0.05, 0) is 34.2 Å². The first-order valence-corrected chi connectivity index (χ1v) is 6.43. The Morgan fingerprint density at radius 2 is 2.24 bits per heavy atom. The molecule has 0 aromatic carbocycles. The predicted molar refractivity (Wildman–Crippen MR) is 70.0 cm³/mol. The SMILES string of the molecule is CNCc1cnn(C2CCN(C(C)(C)C)C2)c1. The van der Waals surface area contributed by atoms with E-state index in [2.05, 4.69) is 47.0 Å². The largest absolute Gasteiger partial charge is 0.316 e. The van der Waals surface area contributed by atoms with E-state index in [0.717, 1.165) is 13.1 Å². The number of hydrogen-bond donors (Lipinski definition) is 1. The first kappa shape index (κ1) is 12.6. The molecule has 0 bridgehead atoms.